The van der Waals surface area contributed by atoms with Crippen LogP contribution in [-0.4, -0.2) is 0 Å². The van der Waals surface area contributed by atoms with Gasteiger partial charge in [-0.2, -0.15) is 0 Å². The van der Waals surface area contributed by atoms with Crippen LogP contribution in [0.15, 0.2) is 154 Å². The van der Waals surface area contributed by atoms with Crippen molar-refractivity contribution in [2.24, 2.45) is 0 Å². The molecule has 8 aromatic rings. The molecule has 10 rings (SSSR count). The lowest BCUT2D eigenvalue weighted by molar-refractivity contribution is 0.573. The van der Waals surface area contributed by atoms with Crippen molar-refractivity contribution in [2.75, 3.05) is 4.90 Å². The fraction of sp³-hybridized carbons (Fsp3) is 0.0667. The predicted octanol–water partition coefficient (Wildman–Crippen LogP) is 10.4. The number of allylic oxidation sites excluding steroid dienone is 1. The van der Waals surface area contributed by atoms with E-state index in [-0.39, 0.29) is 5.41 Å². The average Bonchev–Trinajstić information content (AvgIpc) is 3.77. The number of rotatable bonds is 4. The summed E-state index contributed by atoms with van der Waals surface area (Å²) in [5, 5.41) is 4.20. The maximum Gasteiger partial charge on any atom is 0.152 e. The van der Waals surface area contributed by atoms with Crippen molar-refractivity contribution >= 4 is 61.3 Å². The van der Waals surface area contributed by atoms with Crippen LogP contribution in [0.3, 0.4) is 0 Å². The molecule has 0 radical (unpaired) electrons. The summed E-state index contributed by atoms with van der Waals surface area (Å²) in [6.07, 6.45) is 1.97. The monoisotopic (exact) mass is 615 g/mol. The molecule has 0 atom stereocenters. The van der Waals surface area contributed by atoms with E-state index in [1.165, 1.54) is 22.3 Å². The summed E-state index contributed by atoms with van der Waals surface area (Å²) in [7, 11) is 0. The molecule has 0 saturated carbocycles. The topological polar surface area (TPSA) is 29.5 Å². The zero-order valence-electron chi connectivity index (χ0n) is 26.5. The molecule has 3 heteroatoms. The molecule has 0 spiro atoms. The second kappa shape index (κ2) is 9.88. The molecule has 0 unspecified atom stereocenters. The Hall–Kier alpha value is -6.24. The first-order valence-corrected chi connectivity index (χ1v) is 16.4. The van der Waals surface area contributed by atoms with Crippen LogP contribution in [-0.2, 0) is 5.41 Å². The molecule has 0 bridgehead atoms. The number of hydrogen-bond donors (Lipinski definition) is 0. The Balaban J connectivity index is 1.23. The number of nitrogens with zero attached hydrogens (tertiary/aromatic N) is 1. The van der Waals surface area contributed by atoms with Crippen LogP contribution >= 0.6 is 0 Å². The van der Waals surface area contributed by atoms with Gasteiger partial charge >= 0.3 is 0 Å². The van der Waals surface area contributed by atoms with Gasteiger partial charge in [0.25, 0.3) is 0 Å². The van der Waals surface area contributed by atoms with E-state index in [4.69, 9.17) is 8.83 Å². The van der Waals surface area contributed by atoms with Gasteiger partial charge in [-0.25, -0.2) is 0 Å². The molecule has 3 nitrogen and oxygen atoms in total. The van der Waals surface area contributed by atoms with Crippen LogP contribution in [0.5, 0.6) is 0 Å². The van der Waals surface area contributed by atoms with Crippen molar-refractivity contribution in [3.63, 3.8) is 0 Å². The summed E-state index contributed by atoms with van der Waals surface area (Å²) in [6, 6.07) is 47.2. The molecule has 0 fully saturated rings. The highest BCUT2D eigenvalue weighted by Crippen LogP contribution is 2.55. The highest BCUT2D eigenvalue weighted by Gasteiger charge is 2.38. The zero-order chi connectivity index (χ0) is 32.0. The van der Waals surface area contributed by atoms with Crippen LogP contribution in [0.25, 0.3) is 55.3 Å². The smallest absolute Gasteiger partial charge is 0.152 e. The zero-order valence-corrected chi connectivity index (χ0v) is 26.5. The average molecular weight is 616 g/mol. The minimum absolute atomic E-state index is 0.120. The highest BCUT2D eigenvalue weighted by molar-refractivity contribution is 6.14. The van der Waals surface area contributed by atoms with Crippen LogP contribution in [0.2, 0.25) is 0 Å². The molecule has 0 saturated heterocycles. The van der Waals surface area contributed by atoms with Gasteiger partial charge in [0.2, 0.25) is 0 Å². The molecule has 226 valence electrons. The van der Waals surface area contributed by atoms with E-state index >= 15 is 0 Å². The van der Waals surface area contributed by atoms with Crippen LogP contribution in [0, 0.1) is 0 Å². The number of fused-ring (bicyclic) bond motifs is 9. The Kier molecular flexibility index (Phi) is 5.54. The summed E-state index contributed by atoms with van der Waals surface area (Å²) < 4.78 is 12.8. The van der Waals surface area contributed by atoms with E-state index in [2.05, 4.69) is 133 Å². The van der Waals surface area contributed by atoms with Crippen LogP contribution < -0.4 is 15.5 Å². The number of para-hydroxylation sites is 2. The van der Waals surface area contributed by atoms with Gasteiger partial charge in [-0.3, -0.25) is 0 Å². The van der Waals surface area contributed by atoms with Crippen molar-refractivity contribution in [2.45, 2.75) is 19.3 Å². The van der Waals surface area contributed by atoms with Gasteiger partial charge in [-0.15, -0.1) is 0 Å². The normalized spacial score (nSPS) is 13.9. The van der Waals surface area contributed by atoms with Crippen molar-refractivity contribution < 1.29 is 8.83 Å². The maximum atomic E-state index is 6.40. The van der Waals surface area contributed by atoms with Gasteiger partial charge in [0.15, 0.2) is 5.42 Å². The van der Waals surface area contributed by atoms with E-state index in [9.17, 15) is 0 Å². The van der Waals surface area contributed by atoms with Gasteiger partial charge in [-0.1, -0.05) is 110 Å². The van der Waals surface area contributed by atoms with E-state index in [0.717, 1.165) is 71.7 Å². The maximum absolute atomic E-state index is 6.40. The fourth-order valence-corrected chi connectivity index (χ4v) is 7.88. The van der Waals surface area contributed by atoms with E-state index in [1.54, 1.807) is 0 Å². The number of hydrogen-bond acceptors (Lipinski definition) is 3. The lowest BCUT2D eigenvalue weighted by Crippen LogP contribution is -2.23. The molecule has 2 aliphatic rings. The summed E-state index contributed by atoms with van der Waals surface area (Å²) in [6.45, 7) is 4.66. The quantitative estimate of drug-likeness (QED) is 0.185. The van der Waals surface area contributed by atoms with Gasteiger partial charge in [0, 0.05) is 39.1 Å². The van der Waals surface area contributed by atoms with E-state index < -0.39 is 0 Å². The number of furan rings is 2. The fourth-order valence-electron chi connectivity index (χ4n) is 7.88. The Bertz CT molecular complexity index is 2830. The largest absolute Gasteiger partial charge is 0.456 e. The minimum Gasteiger partial charge on any atom is -0.456 e. The summed E-state index contributed by atoms with van der Waals surface area (Å²) in [5.41, 5.74) is 20.4. The van der Waals surface area contributed by atoms with Crippen molar-refractivity contribution in [1.82, 2.24) is 0 Å². The molecule has 2 aliphatic carbocycles. The standard InChI is InChI=1S/C45H29NO2/c1-45(2)35-17-6-3-13-33(35)42-36(45)18-10-19-37(42)46(38-20-11-23-41-43(38)34-14-5-8-22-40(34)47-41)29-26-24-28(25-27-29)30-15-9-16-32-31-12-4-7-21-39(31)48-44(30)32/h3-8,10-15,17-27H,1-2H3. The van der Waals surface area contributed by atoms with Gasteiger partial charge in [0.05, 0.1) is 22.0 Å². The first kappa shape index (κ1) is 26.9. The molecular formula is C45H29NO2. The number of benzene rings is 6. The molecule has 6 aromatic carbocycles. The summed E-state index contributed by atoms with van der Waals surface area (Å²) in [4.78, 5) is 2.41. The van der Waals surface area contributed by atoms with E-state index in [1.807, 2.05) is 36.4 Å². The summed E-state index contributed by atoms with van der Waals surface area (Å²) >= 11 is 0. The van der Waals surface area contributed by atoms with Gasteiger partial charge in [-0.05, 0) is 70.8 Å². The van der Waals surface area contributed by atoms with Gasteiger partial charge in [0.1, 0.15) is 16.7 Å². The predicted molar refractivity (Wildman–Crippen MR) is 195 cm³/mol. The van der Waals surface area contributed by atoms with Crippen molar-refractivity contribution in [1.29, 1.82) is 0 Å². The Morgan fingerprint density at radius 3 is 2.10 bits per heavy atom. The van der Waals surface area contributed by atoms with Crippen molar-refractivity contribution in [3.8, 4) is 11.1 Å². The van der Waals surface area contributed by atoms with Crippen LogP contribution in [0.4, 0.5) is 17.1 Å². The lowest BCUT2D eigenvalue weighted by Gasteiger charge is -2.29. The third kappa shape index (κ3) is 3.72. The third-order valence-corrected chi connectivity index (χ3v) is 10.1. The molecule has 2 heterocycles. The molecule has 0 N–H and O–H groups in total. The first-order valence-electron chi connectivity index (χ1n) is 16.4. The van der Waals surface area contributed by atoms with Crippen molar-refractivity contribution in [3.05, 3.63) is 173 Å². The molecule has 2 aromatic heterocycles. The highest BCUT2D eigenvalue weighted by atomic mass is 16.3. The van der Waals surface area contributed by atoms with Crippen LogP contribution in [0.1, 0.15) is 30.5 Å². The molecule has 0 amide bonds. The SMILES string of the molecule is CC1(C)c2ccccc2-c2c(N(c3ccc(C4=c5oc6ccccc6c5=C=C=C4)cc3)c3cccc4oc5ccccc5c34)cccc21. The minimum atomic E-state index is -0.120. The molecule has 0 aliphatic heterocycles. The number of anilines is 3. The first-order chi connectivity index (χ1) is 23.6. The second-order valence-corrected chi connectivity index (χ2v) is 13.1. The Morgan fingerprint density at radius 2 is 1.25 bits per heavy atom. The summed E-state index contributed by atoms with van der Waals surface area (Å²) in [5.74, 6) is 0. The second-order valence-electron chi connectivity index (χ2n) is 13.1. The molecule has 48 heavy (non-hydrogen) atoms. The third-order valence-electron chi connectivity index (χ3n) is 10.1. The lowest BCUT2D eigenvalue weighted by atomic mass is 9.82. The Morgan fingerprint density at radius 1 is 0.583 bits per heavy atom. The van der Waals surface area contributed by atoms with Gasteiger partial charge < -0.3 is 13.7 Å². The molecular weight excluding hydrogens is 587 g/mol. The Labute approximate surface area is 277 Å². The van der Waals surface area contributed by atoms with E-state index in [0.29, 0.717) is 0 Å².